The summed E-state index contributed by atoms with van der Waals surface area (Å²) in [7, 11) is 1.60. The van der Waals surface area contributed by atoms with Crippen molar-refractivity contribution in [2.45, 2.75) is 27.2 Å². The zero-order valence-electron chi connectivity index (χ0n) is 18.2. The summed E-state index contributed by atoms with van der Waals surface area (Å²) in [5.74, 6) is 0.463. The molecule has 1 N–H and O–H groups in total. The molecule has 0 aliphatic heterocycles. The van der Waals surface area contributed by atoms with Crippen molar-refractivity contribution >= 4 is 17.6 Å². The van der Waals surface area contributed by atoms with E-state index in [-0.39, 0.29) is 24.1 Å². The van der Waals surface area contributed by atoms with Crippen molar-refractivity contribution in [2.24, 2.45) is 5.92 Å². The number of methoxy groups -OCH3 is 1. The van der Waals surface area contributed by atoms with Crippen molar-refractivity contribution in [3.8, 4) is 22.7 Å². The number of esters is 1. The Kier molecular flexibility index (Phi) is 7.07. The average molecular weight is 421 g/mol. The minimum Gasteiger partial charge on any atom is -0.497 e. The molecule has 0 radical (unpaired) electrons. The third-order valence-corrected chi connectivity index (χ3v) is 4.55. The number of nitrogens with zero attached hydrogens (tertiary/aromatic N) is 2. The minimum atomic E-state index is -0.489. The number of ether oxygens (including phenoxy) is 2. The third-order valence-electron chi connectivity index (χ3n) is 4.55. The molecule has 0 aliphatic carbocycles. The number of carbonyl (C=O) groups is 2. The van der Waals surface area contributed by atoms with Crippen LogP contribution in [0.3, 0.4) is 0 Å². The second-order valence-electron chi connectivity index (χ2n) is 7.47. The van der Waals surface area contributed by atoms with Crippen molar-refractivity contribution in [1.82, 2.24) is 9.78 Å². The first-order valence-corrected chi connectivity index (χ1v) is 10.2. The lowest BCUT2D eigenvalue weighted by molar-refractivity contribution is -0.116. The molecule has 0 spiro atoms. The maximum Gasteiger partial charge on any atom is 0.358 e. The van der Waals surface area contributed by atoms with Gasteiger partial charge in [-0.3, -0.25) is 4.79 Å². The van der Waals surface area contributed by atoms with E-state index in [2.05, 4.69) is 10.4 Å². The number of benzene rings is 2. The van der Waals surface area contributed by atoms with E-state index in [1.165, 1.54) is 0 Å². The predicted octanol–water partition coefficient (Wildman–Crippen LogP) is 4.71. The van der Waals surface area contributed by atoms with E-state index in [0.717, 1.165) is 17.0 Å². The summed E-state index contributed by atoms with van der Waals surface area (Å²) in [4.78, 5) is 24.5. The largest absolute Gasteiger partial charge is 0.497 e. The number of rotatable bonds is 8. The number of carbonyl (C=O) groups excluding carboxylic acids is 2. The molecule has 7 nitrogen and oxygen atoms in total. The van der Waals surface area contributed by atoms with Crippen molar-refractivity contribution in [1.29, 1.82) is 0 Å². The second-order valence-corrected chi connectivity index (χ2v) is 7.47. The molecule has 162 valence electrons. The Labute approximate surface area is 182 Å². The minimum absolute atomic E-state index is 0.0389. The first-order chi connectivity index (χ1) is 14.9. The predicted molar refractivity (Wildman–Crippen MR) is 120 cm³/mol. The summed E-state index contributed by atoms with van der Waals surface area (Å²) in [5.41, 5.74) is 3.17. The smallest absolute Gasteiger partial charge is 0.358 e. The number of nitrogens with one attached hydrogen (secondary N) is 1. The Morgan fingerprint density at radius 3 is 2.48 bits per heavy atom. The lowest BCUT2D eigenvalue weighted by Crippen LogP contribution is -2.13. The van der Waals surface area contributed by atoms with Crippen LogP contribution in [-0.2, 0) is 9.53 Å². The molecule has 0 aliphatic rings. The highest BCUT2D eigenvalue weighted by atomic mass is 16.5. The molecular formula is C24H27N3O4. The summed E-state index contributed by atoms with van der Waals surface area (Å²) >= 11 is 0. The SMILES string of the molecule is CCOC(=O)c1cc(-c2cccc(NC(=O)CC(C)C)c2)n(-c2ccc(OC)cc2)n1. The molecule has 0 atom stereocenters. The fourth-order valence-electron chi connectivity index (χ4n) is 3.15. The van der Waals surface area contributed by atoms with E-state index in [9.17, 15) is 9.59 Å². The first-order valence-electron chi connectivity index (χ1n) is 10.2. The van der Waals surface area contributed by atoms with Crippen LogP contribution in [0.1, 0.15) is 37.7 Å². The molecule has 2 aromatic carbocycles. The Hall–Kier alpha value is -3.61. The first kappa shape index (κ1) is 22.1. The van der Waals surface area contributed by atoms with Gasteiger partial charge in [0.05, 0.1) is 25.1 Å². The van der Waals surface area contributed by atoms with E-state index in [0.29, 0.717) is 17.8 Å². The van der Waals surface area contributed by atoms with Gasteiger partial charge in [-0.05, 0) is 55.3 Å². The second kappa shape index (κ2) is 9.93. The van der Waals surface area contributed by atoms with E-state index in [1.54, 1.807) is 24.8 Å². The molecule has 3 rings (SSSR count). The van der Waals surface area contributed by atoms with Gasteiger partial charge in [-0.15, -0.1) is 0 Å². The highest BCUT2D eigenvalue weighted by Gasteiger charge is 2.18. The summed E-state index contributed by atoms with van der Waals surface area (Å²) in [5, 5.41) is 7.41. The fourth-order valence-corrected chi connectivity index (χ4v) is 3.15. The van der Waals surface area contributed by atoms with Gasteiger partial charge >= 0.3 is 5.97 Å². The van der Waals surface area contributed by atoms with Crippen molar-refractivity contribution in [2.75, 3.05) is 19.0 Å². The van der Waals surface area contributed by atoms with Crippen molar-refractivity contribution < 1.29 is 19.1 Å². The molecular weight excluding hydrogens is 394 g/mol. The van der Waals surface area contributed by atoms with Crippen LogP contribution >= 0.6 is 0 Å². The Morgan fingerprint density at radius 2 is 1.84 bits per heavy atom. The standard InChI is InChI=1S/C24H27N3O4/c1-5-31-24(29)21-15-22(27(26-21)19-9-11-20(30-4)12-10-19)17-7-6-8-18(14-17)25-23(28)13-16(2)3/h6-12,14-16H,5,13H2,1-4H3,(H,25,28). The Bertz CT molecular complexity index is 1050. The molecule has 1 amide bonds. The van der Waals surface area contributed by atoms with Gasteiger partial charge in [0.1, 0.15) is 5.75 Å². The zero-order chi connectivity index (χ0) is 22.4. The zero-order valence-corrected chi connectivity index (χ0v) is 18.2. The normalized spacial score (nSPS) is 10.7. The average Bonchev–Trinajstić information content (AvgIpc) is 3.19. The topological polar surface area (TPSA) is 82.5 Å². The highest BCUT2D eigenvalue weighted by molar-refractivity contribution is 5.92. The van der Waals surface area contributed by atoms with Crippen LogP contribution in [0.25, 0.3) is 16.9 Å². The molecule has 0 saturated heterocycles. The van der Waals surface area contributed by atoms with Gasteiger partial charge in [-0.2, -0.15) is 5.10 Å². The maximum absolute atomic E-state index is 12.3. The molecule has 3 aromatic rings. The molecule has 1 heterocycles. The highest BCUT2D eigenvalue weighted by Crippen LogP contribution is 2.27. The lowest BCUT2D eigenvalue weighted by Gasteiger charge is -2.11. The number of hydrogen-bond acceptors (Lipinski definition) is 5. The number of amides is 1. The summed E-state index contributed by atoms with van der Waals surface area (Å²) in [6.07, 6.45) is 0.445. The molecule has 1 aromatic heterocycles. The van der Waals surface area contributed by atoms with Crippen molar-refractivity contribution in [3.05, 3.63) is 60.3 Å². The van der Waals surface area contributed by atoms with Crippen LogP contribution < -0.4 is 10.1 Å². The molecule has 0 unspecified atom stereocenters. The molecule has 7 heteroatoms. The molecule has 31 heavy (non-hydrogen) atoms. The van der Waals surface area contributed by atoms with Gasteiger partial charge in [-0.25, -0.2) is 9.48 Å². The van der Waals surface area contributed by atoms with Crippen LogP contribution in [0.15, 0.2) is 54.6 Å². The number of aromatic nitrogens is 2. The third kappa shape index (κ3) is 5.51. The summed E-state index contributed by atoms with van der Waals surface area (Å²) < 4.78 is 12.0. The van der Waals surface area contributed by atoms with E-state index < -0.39 is 5.97 Å². The fraction of sp³-hybridized carbons (Fsp3) is 0.292. The maximum atomic E-state index is 12.3. The van der Waals surface area contributed by atoms with Crippen LogP contribution in [0.4, 0.5) is 5.69 Å². The Morgan fingerprint density at radius 1 is 1.10 bits per heavy atom. The van der Waals surface area contributed by atoms with Gasteiger partial charge in [0.15, 0.2) is 5.69 Å². The summed E-state index contributed by atoms with van der Waals surface area (Å²) in [6.45, 7) is 6.02. The van der Waals surface area contributed by atoms with Crippen molar-refractivity contribution in [3.63, 3.8) is 0 Å². The van der Waals surface area contributed by atoms with Gasteiger partial charge < -0.3 is 14.8 Å². The van der Waals surface area contributed by atoms with Gasteiger partial charge in [-0.1, -0.05) is 26.0 Å². The quantitative estimate of drug-likeness (QED) is 0.533. The van der Waals surface area contributed by atoms with Crippen LogP contribution in [0, 0.1) is 5.92 Å². The molecule has 0 fully saturated rings. The van der Waals surface area contributed by atoms with Gasteiger partial charge in [0.2, 0.25) is 5.91 Å². The van der Waals surface area contributed by atoms with Gasteiger partial charge in [0, 0.05) is 17.7 Å². The van der Waals surface area contributed by atoms with Gasteiger partial charge in [0.25, 0.3) is 0 Å². The van der Waals surface area contributed by atoms with Crippen LogP contribution in [0.2, 0.25) is 0 Å². The number of hydrogen-bond donors (Lipinski definition) is 1. The molecule has 0 saturated carbocycles. The van der Waals surface area contributed by atoms with Crippen LogP contribution in [-0.4, -0.2) is 35.4 Å². The van der Waals surface area contributed by atoms with E-state index in [4.69, 9.17) is 9.47 Å². The Balaban J connectivity index is 2.01. The summed E-state index contributed by atoms with van der Waals surface area (Å²) in [6, 6.07) is 16.5. The van der Waals surface area contributed by atoms with E-state index in [1.807, 2.05) is 62.4 Å². The monoisotopic (exact) mass is 421 g/mol. The van der Waals surface area contributed by atoms with Crippen LogP contribution in [0.5, 0.6) is 5.75 Å². The van der Waals surface area contributed by atoms with E-state index >= 15 is 0 Å². The lowest BCUT2D eigenvalue weighted by atomic mass is 10.1. The number of anilines is 1. The molecule has 0 bridgehead atoms.